The summed E-state index contributed by atoms with van der Waals surface area (Å²) in [6.45, 7) is 1.53. The Morgan fingerprint density at radius 2 is 1.93 bits per heavy atom. The van der Waals surface area contributed by atoms with Gasteiger partial charge in [0.05, 0.1) is 4.92 Å². The van der Waals surface area contributed by atoms with Gasteiger partial charge in [-0.3, -0.25) is 14.9 Å². The first kappa shape index (κ1) is 20.5. The standard InChI is InChI=1S/C21H20N2O5S/c1-14(7-8-15-5-3-2-4-6-15)22-20(24)13-28-21(25)19-12-16-11-17(23(26)27)9-10-18(16)29-19/h2-6,9-12,14H,7-8,13H2,1H3,(H,22,24)/t14-/m0/s1. The molecule has 0 radical (unpaired) electrons. The fourth-order valence-electron chi connectivity index (χ4n) is 2.86. The molecule has 0 aliphatic carbocycles. The number of carbonyl (C=O) groups is 2. The van der Waals surface area contributed by atoms with E-state index in [1.165, 1.54) is 35.1 Å². The SMILES string of the molecule is C[C@@H](CCc1ccccc1)NC(=O)COC(=O)c1cc2cc([N+](=O)[O-])ccc2s1. The van der Waals surface area contributed by atoms with E-state index in [1.54, 1.807) is 6.07 Å². The lowest BCUT2D eigenvalue weighted by atomic mass is 10.1. The topological polar surface area (TPSA) is 98.5 Å². The highest BCUT2D eigenvalue weighted by Gasteiger charge is 2.16. The van der Waals surface area contributed by atoms with Crippen LogP contribution in [0.25, 0.3) is 10.1 Å². The van der Waals surface area contributed by atoms with Crippen LogP contribution in [0.2, 0.25) is 0 Å². The number of benzene rings is 2. The summed E-state index contributed by atoms with van der Waals surface area (Å²) in [5.41, 5.74) is 1.16. The molecule has 0 unspecified atom stereocenters. The van der Waals surface area contributed by atoms with Crippen LogP contribution in [0.4, 0.5) is 5.69 Å². The molecule has 1 atom stereocenters. The molecular weight excluding hydrogens is 392 g/mol. The highest BCUT2D eigenvalue weighted by atomic mass is 32.1. The fourth-order valence-corrected chi connectivity index (χ4v) is 3.80. The Hall–Kier alpha value is -3.26. The molecule has 2 aromatic carbocycles. The summed E-state index contributed by atoms with van der Waals surface area (Å²) < 4.78 is 5.82. The predicted molar refractivity (Wildman–Crippen MR) is 111 cm³/mol. The highest BCUT2D eigenvalue weighted by molar-refractivity contribution is 7.20. The van der Waals surface area contributed by atoms with Gasteiger partial charge in [-0.1, -0.05) is 30.3 Å². The Bertz CT molecular complexity index is 1030. The Labute approximate surface area is 171 Å². The molecular formula is C21H20N2O5S. The minimum absolute atomic E-state index is 0.0425. The second-order valence-corrected chi connectivity index (χ2v) is 7.74. The van der Waals surface area contributed by atoms with Crippen LogP contribution in [0.5, 0.6) is 0 Å². The lowest BCUT2D eigenvalue weighted by molar-refractivity contribution is -0.384. The molecule has 3 rings (SSSR count). The summed E-state index contributed by atoms with van der Waals surface area (Å²) in [6, 6.07) is 15.9. The number of non-ortho nitro benzene ring substituents is 1. The average molecular weight is 412 g/mol. The molecule has 0 spiro atoms. The second-order valence-electron chi connectivity index (χ2n) is 6.66. The molecule has 0 aliphatic heterocycles. The number of thiophene rings is 1. The van der Waals surface area contributed by atoms with Gasteiger partial charge in [-0.2, -0.15) is 0 Å². The van der Waals surface area contributed by atoms with Crippen molar-refractivity contribution < 1.29 is 19.2 Å². The highest BCUT2D eigenvalue weighted by Crippen LogP contribution is 2.29. The third kappa shape index (κ3) is 5.61. The number of amides is 1. The molecule has 29 heavy (non-hydrogen) atoms. The van der Waals surface area contributed by atoms with Crippen molar-refractivity contribution in [1.29, 1.82) is 0 Å². The molecule has 1 N–H and O–H groups in total. The van der Waals surface area contributed by atoms with E-state index in [4.69, 9.17) is 4.74 Å². The summed E-state index contributed by atoms with van der Waals surface area (Å²) in [6.07, 6.45) is 1.62. The molecule has 0 aliphatic rings. The first-order valence-electron chi connectivity index (χ1n) is 9.11. The number of carbonyl (C=O) groups excluding carboxylic acids is 2. The maximum absolute atomic E-state index is 12.2. The van der Waals surface area contributed by atoms with Crippen molar-refractivity contribution in [2.45, 2.75) is 25.8 Å². The molecule has 0 fully saturated rings. The Kier molecular flexibility index (Phi) is 6.56. The normalized spacial score (nSPS) is 11.8. The molecule has 7 nitrogen and oxygen atoms in total. The quantitative estimate of drug-likeness (QED) is 0.341. The number of nitro groups is 1. The van der Waals surface area contributed by atoms with Crippen LogP contribution in [-0.4, -0.2) is 29.4 Å². The van der Waals surface area contributed by atoms with Crippen LogP contribution in [0.15, 0.2) is 54.6 Å². The van der Waals surface area contributed by atoms with Crippen molar-refractivity contribution in [2.24, 2.45) is 0 Å². The molecule has 1 heterocycles. The van der Waals surface area contributed by atoms with E-state index in [9.17, 15) is 19.7 Å². The lowest BCUT2D eigenvalue weighted by Gasteiger charge is -2.13. The molecule has 150 valence electrons. The van der Waals surface area contributed by atoms with Gasteiger partial charge in [0.2, 0.25) is 0 Å². The monoisotopic (exact) mass is 412 g/mol. The summed E-state index contributed by atoms with van der Waals surface area (Å²) in [4.78, 5) is 34.9. The zero-order valence-corrected chi connectivity index (χ0v) is 16.6. The van der Waals surface area contributed by atoms with Gasteiger partial charge < -0.3 is 10.1 Å². The van der Waals surface area contributed by atoms with Crippen LogP contribution in [-0.2, 0) is 16.0 Å². The molecule has 8 heteroatoms. The van der Waals surface area contributed by atoms with E-state index in [0.717, 1.165) is 17.5 Å². The van der Waals surface area contributed by atoms with Crippen LogP contribution < -0.4 is 5.32 Å². The molecule has 3 aromatic rings. The van der Waals surface area contributed by atoms with Gasteiger partial charge in [-0.05, 0) is 37.5 Å². The maximum Gasteiger partial charge on any atom is 0.348 e. The first-order chi connectivity index (χ1) is 13.9. The first-order valence-corrected chi connectivity index (χ1v) is 9.92. The van der Waals surface area contributed by atoms with E-state index < -0.39 is 10.9 Å². The zero-order chi connectivity index (χ0) is 20.8. The summed E-state index contributed by atoms with van der Waals surface area (Å²) >= 11 is 1.17. The largest absolute Gasteiger partial charge is 0.451 e. The van der Waals surface area contributed by atoms with E-state index in [1.807, 2.05) is 37.3 Å². The summed E-state index contributed by atoms with van der Waals surface area (Å²) in [5.74, 6) is -0.989. The van der Waals surface area contributed by atoms with E-state index in [2.05, 4.69) is 5.32 Å². The van der Waals surface area contributed by atoms with Crippen molar-refractivity contribution >= 4 is 39.0 Å². The Balaban J connectivity index is 1.48. The van der Waals surface area contributed by atoms with Gasteiger partial charge in [0, 0.05) is 28.3 Å². The smallest absolute Gasteiger partial charge is 0.348 e. The van der Waals surface area contributed by atoms with E-state index >= 15 is 0 Å². The average Bonchev–Trinajstić information content (AvgIpc) is 3.14. The van der Waals surface area contributed by atoms with Gasteiger partial charge in [-0.25, -0.2) is 4.79 Å². The van der Waals surface area contributed by atoms with Crippen LogP contribution >= 0.6 is 11.3 Å². The number of aryl methyl sites for hydroxylation is 1. The second kappa shape index (κ2) is 9.29. The van der Waals surface area contributed by atoms with Gasteiger partial charge in [0.25, 0.3) is 11.6 Å². The van der Waals surface area contributed by atoms with Crippen molar-refractivity contribution in [1.82, 2.24) is 5.32 Å². The number of esters is 1. The molecule has 0 saturated heterocycles. The van der Waals surface area contributed by atoms with Crippen molar-refractivity contribution in [3.05, 3.63) is 75.2 Å². The Morgan fingerprint density at radius 1 is 1.17 bits per heavy atom. The van der Waals surface area contributed by atoms with Gasteiger partial charge in [0.1, 0.15) is 4.88 Å². The minimum Gasteiger partial charge on any atom is -0.451 e. The number of nitro benzene ring substituents is 1. The fraction of sp³-hybridized carbons (Fsp3) is 0.238. The number of fused-ring (bicyclic) bond motifs is 1. The van der Waals surface area contributed by atoms with Gasteiger partial charge in [0.15, 0.2) is 6.61 Å². The lowest BCUT2D eigenvalue weighted by Crippen LogP contribution is -2.36. The number of nitrogens with zero attached hydrogens (tertiary/aromatic N) is 1. The third-order valence-corrected chi connectivity index (χ3v) is 5.46. The summed E-state index contributed by atoms with van der Waals surface area (Å²) in [5, 5.41) is 14.3. The van der Waals surface area contributed by atoms with Crippen LogP contribution in [0.3, 0.4) is 0 Å². The van der Waals surface area contributed by atoms with Crippen LogP contribution in [0.1, 0.15) is 28.6 Å². The van der Waals surface area contributed by atoms with Crippen molar-refractivity contribution in [3.8, 4) is 0 Å². The number of ether oxygens (including phenoxy) is 1. The summed E-state index contributed by atoms with van der Waals surface area (Å²) in [7, 11) is 0. The van der Waals surface area contributed by atoms with Crippen molar-refractivity contribution in [3.63, 3.8) is 0 Å². The minimum atomic E-state index is -0.624. The number of hydrogen-bond donors (Lipinski definition) is 1. The third-order valence-electron chi connectivity index (χ3n) is 4.36. The Morgan fingerprint density at radius 3 is 2.66 bits per heavy atom. The number of hydrogen-bond acceptors (Lipinski definition) is 6. The number of rotatable bonds is 8. The van der Waals surface area contributed by atoms with E-state index in [-0.39, 0.29) is 24.2 Å². The van der Waals surface area contributed by atoms with Crippen molar-refractivity contribution in [2.75, 3.05) is 6.61 Å². The number of nitrogens with one attached hydrogen (secondary N) is 1. The van der Waals surface area contributed by atoms with E-state index in [0.29, 0.717) is 10.3 Å². The zero-order valence-electron chi connectivity index (χ0n) is 15.8. The molecule has 1 amide bonds. The van der Waals surface area contributed by atoms with Gasteiger partial charge >= 0.3 is 5.97 Å². The molecule has 1 aromatic heterocycles. The van der Waals surface area contributed by atoms with Gasteiger partial charge in [-0.15, -0.1) is 11.3 Å². The maximum atomic E-state index is 12.2. The predicted octanol–water partition coefficient (Wildman–Crippen LogP) is 4.10. The molecule has 0 bridgehead atoms. The van der Waals surface area contributed by atoms with Crippen LogP contribution in [0, 0.1) is 10.1 Å². The molecule has 0 saturated carbocycles.